The third kappa shape index (κ3) is 8.22. The molecule has 5 aromatic rings. The molecule has 0 saturated carbocycles. The lowest BCUT2D eigenvalue weighted by Gasteiger charge is -2.38. The van der Waals surface area contributed by atoms with Crippen LogP contribution in [-0.4, -0.2) is 66.8 Å². The van der Waals surface area contributed by atoms with Crippen molar-refractivity contribution in [2.45, 2.75) is 38.3 Å². The Morgan fingerprint density at radius 1 is 0.692 bits per heavy atom. The number of hydrogen-bond acceptors (Lipinski definition) is 9. The van der Waals surface area contributed by atoms with Crippen LogP contribution in [0, 0.1) is 6.92 Å². The van der Waals surface area contributed by atoms with Crippen molar-refractivity contribution in [3.63, 3.8) is 0 Å². The summed E-state index contributed by atoms with van der Waals surface area (Å²) in [4.78, 5) is 12.5. The van der Waals surface area contributed by atoms with Crippen LogP contribution < -0.4 is 31.9 Å². The molecule has 4 atom stereocenters. The van der Waals surface area contributed by atoms with Gasteiger partial charge in [0.1, 0.15) is 18.2 Å². The SMILES string of the molecule is CC1=CNC(C2C=CC(C3NC(c4cc(C5=CC=C(c6ccc(C)cn6)CN5)cc(-c5ccc6ccc7ccccc7c6c5)c4)=NC(C4=CC=C(C5=CC=CCN5)NC4)N3)=CN2C)C=C1. The molecule has 9 heteroatoms. The van der Waals surface area contributed by atoms with Crippen LogP contribution in [0.1, 0.15) is 29.3 Å². The first-order valence-corrected chi connectivity index (χ1v) is 22.6. The van der Waals surface area contributed by atoms with E-state index in [-0.39, 0.29) is 24.4 Å². The van der Waals surface area contributed by atoms with Crippen LogP contribution >= 0.6 is 0 Å². The van der Waals surface area contributed by atoms with Crippen LogP contribution in [0.5, 0.6) is 0 Å². The highest BCUT2D eigenvalue weighted by Crippen LogP contribution is 2.34. The van der Waals surface area contributed by atoms with Gasteiger partial charge in [0.25, 0.3) is 0 Å². The molecule has 4 aromatic carbocycles. The van der Waals surface area contributed by atoms with Gasteiger partial charge in [0.15, 0.2) is 0 Å². The lowest BCUT2D eigenvalue weighted by atomic mass is 9.93. The number of aromatic nitrogens is 1. The molecule has 0 fully saturated rings. The predicted octanol–water partition coefficient (Wildman–Crippen LogP) is 8.63. The number of nitrogens with zero attached hydrogens (tertiary/aromatic N) is 3. The van der Waals surface area contributed by atoms with E-state index in [4.69, 9.17) is 9.98 Å². The van der Waals surface area contributed by atoms with Crippen LogP contribution in [-0.2, 0) is 0 Å². The molecular formula is C56H53N9. The largest absolute Gasteiger partial charge is 0.382 e. The number of amidine groups is 1. The molecule has 65 heavy (non-hydrogen) atoms. The molecule has 9 nitrogen and oxygen atoms in total. The molecule has 11 rings (SSSR count). The molecule has 4 unspecified atom stereocenters. The molecule has 0 amide bonds. The number of rotatable bonds is 8. The minimum absolute atomic E-state index is 0.171. The number of aliphatic imine (C=N–C) groups is 1. The van der Waals surface area contributed by atoms with Crippen LogP contribution in [0.25, 0.3) is 43.9 Å². The Hall–Kier alpha value is -7.62. The lowest BCUT2D eigenvalue weighted by Crippen LogP contribution is -2.57. The topological polar surface area (TPSA) is 101 Å². The average Bonchev–Trinajstić information content (AvgIpc) is 3.37. The molecule has 0 bridgehead atoms. The fourth-order valence-corrected chi connectivity index (χ4v) is 9.44. The highest BCUT2D eigenvalue weighted by Gasteiger charge is 2.31. The lowest BCUT2D eigenvalue weighted by molar-refractivity contribution is 0.328. The second kappa shape index (κ2) is 17.2. The van der Waals surface area contributed by atoms with Crippen molar-refractivity contribution in [1.82, 2.24) is 41.8 Å². The molecular weight excluding hydrogens is 799 g/mol. The van der Waals surface area contributed by atoms with Gasteiger partial charge >= 0.3 is 0 Å². The normalized spacial score (nSPS) is 22.7. The van der Waals surface area contributed by atoms with E-state index >= 15 is 0 Å². The van der Waals surface area contributed by atoms with Crippen LogP contribution in [0.15, 0.2) is 203 Å². The van der Waals surface area contributed by atoms with E-state index in [9.17, 15) is 0 Å². The molecule has 1 aromatic heterocycles. The molecule has 0 spiro atoms. The van der Waals surface area contributed by atoms with Gasteiger partial charge in [0, 0.05) is 55.9 Å². The van der Waals surface area contributed by atoms with Gasteiger partial charge < -0.3 is 31.5 Å². The smallest absolute Gasteiger partial charge is 0.131 e. The maximum atomic E-state index is 5.51. The van der Waals surface area contributed by atoms with E-state index in [0.717, 1.165) is 79.7 Å². The zero-order chi connectivity index (χ0) is 43.9. The second-order valence-corrected chi connectivity index (χ2v) is 17.6. The maximum absolute atomic E-state index is 5.51. The Labute approximate surface area is 380 Å². The fourth-order valence-electron chi connectivity index (χ4n) is 9.44. The van der Waals surface area contributed by atoms with Crippen LogP contribution in [0.3, 0.4) is 0 Å². The van der Waals surface area contributed by atoms with Gasteiger partial charge in [-0.1, -0.05) is 103 Å². The molecule has 6 N–H and O–H groups in total. The summed E-state index contributed by atoms with van der Waals surface area (Å²) in [6.45, 7) is 6.34. The van der Waals surface area contributed by atoms with Gasteiger partial charge in [-0.2, -0.15) is 0 Å². The third-order valence-corrected chi connectivity index (χ3v) is 13.1. The number of likely N-dealkylation sites (N-methyl/N-ethyl adjacent to an activating group) is 1. The van der Waals surface area contributed by atoms with E-state index in [2.05, 4.69) is 222 Å². The molecule has 6 aliphatic heterocycles. The number of hydrogen-bond donors (Lipinski definition) is 6. The second-order valence-electron chi connectivity index (χ2n) is 17.6. The quantitative estimate of drug-likeness (QED) is 0.0865. The fraction of sp³-hybridized carbons (Fsp3) is 0.179. The standard InChI is InChI=1S/C56H53N9/c1-35-11-20-48(58-30-35)40-17-22-49(60-32-40)44-26-43(39-16-15-38-14-13-37-8-4-5-9-46(37)47(38)29-39)27-45(28-44)56-63-54(41-18-23-51(61-33-41)50-10-6-7-25-57-50)62-55(64-56)42-19-24-53(65(3)34-42)52-21-12-36(2)31-59-52/h4-24,26-31,34,52-55,57,59-62H,25,32-33H2,1-3H3,(H,63,64). The monoisotopic (exact) mass is 851 g/mol. The third-order valence-electron chi connectivity index (χ3n) is 13.1. The van der Waals surface area contributed by atoms with E-state index in [1.807, 2.05) is 6.20 Å². The van der Waals surface area contributed by atoms with Crippen molar-refractivity contribution in [3.05, 3.63) is 221 Å². The minimum atomic E-state index is -0.290. The summed E-state index contributed by atoms with van der Waals surface area (Å²) in [5, 5.41) is 27.2. The summed E-state index contributed by atoms with van der Waals surface area (Å²) in [7, 11) is 2.16. The van der Waals surface area contributed by atoms with Gasteiger partial charge in [0.05, 0.1) is 29.2 Å². The Morgan fingerprint density at radius 2 is 1.51 bits per heavy atom. The average molecular weight is 852 g/mol. The van der Waals surface area contributed by atoms with Gasteiger partial charge in [0.2, 0.25) is 0 Å². The highest BCUT2D eigenvalue weighted by molar-refractivity contribution is 6.09. The van der Waals surface area contributed by atoms with Crippen molar-refractivity contribution in [2.24, 2.45) is 4.99 Å². The summed E-state index contributed by atoms with van der Waals surface area (Å²) in [5.41, 5.74) is 14.4. The van der Waals surface area contributed by atoms with Crippen molar-refractivity contribution >= 4 is 38.7 Å². The maximum Gasteiger partial charge on any atom is 0.131 e. The van der Waals surface area contributed by atoms with Crippen LogP contribution in [0.4, 0.5) is 0 Å². The summed E-state index contributed by atoms with van der Waals surface area (Å²) >= 11 is 0. The van der Waals surface area contributed by atoms with Crippen molar-refractivity contribution in [2.75, 3.05) is 26.7 Å². The summed E-state index contributed by atoms with van der Waals surface area (Å²) in [6, 6.07) is 31.4. The number of allylic oxidation sites excluding steroid dienone is 8. The Morgan fingerprint density at radius 3 is 2.28 bits per heavy atom. The first-order valence-electron chi connectivity index (χ1n) is 22.6. The molecule has 0 aliphatic carbocycles. The Bertz CT molecular complexity index is 3080. The van der Waals surface area contributed by atoms with Gasteiger partial charge in [-0.15, -0.1) is 0 Å². The number of aryl methyl sites for hydroxylation is 1. The predicted molar refractivity (Wildman–Crippen MR) is 268 cm³/mol. The molecule has 0 radical (unpaired) electrons. The number of benzene rings is 4. The van der Waals surface area contributed by atoms with Crippen LogP contribution in [0.2, 0.25) is 0 Å². The molecule has 7 heterocycles. The molecule has 322 valence electrons. The highest BCUT2D eigenvalue weighted by atomic mass is 15.3. The Balaban J connectivity index is 1.00. The zero-order valence-corrected chi connectivity index (χ0v) is 36.9. The molecule has 0 saturated heterocycles. The van der Waals surface area contributed by atoms with Gasteiger partial charge in [-0.05, 0) is 129 Å². The van der Waals surface area contributed by atoms with Gasteiger partial charge in [-0.25, -0.2) is 4.99 Å². The van der Waals surface area contributed by atoms with E-state index in [1.54, 1.807) is 0 Å². The van der Waals surface area contributed by atoms with Crippen molar-refractivity contribution in [3.8, 4) is 11.1 Å². The van der Waals surface area contributed by atoms with Crippen molar-refractivity contribution in [1.29, 1.82) is 0 Å². The first kappa shape index (κ1) is 40.2. The summed E-state index contributed by atoms with van der Waals surface area (Å²) < 4.78 is 0. The minimum Gasteiger partial charge on any atom is -0.382 e. The van der Waals surface area contributed by atoms with E-state index < -0.39 is 0 Å². The summed E-state index contributed by atoms with van der Waals surface area (Å²) in [5.74, 6) is 0.832. The van der Waals surface area contributed by atoms with E-state index in [0.29, 0.717) is 13.1 Å². The number of pyridine rings is 1. The number of dihydropyridines is 4. The number of nitrogens with one attached hydrogen (secondary N) is 6. The number of fused-ring (bicyclic) bond motifs is 3. The molecule has 6 aliphatic rings. The van der Waals surface area contributed by atoms with Crippen molar-refractivity contribution < 1.29 is 0 Å². The Kier molecular flexibility index (Phi) is 10.6. The summed E-state index contributed by atoms with van der Waals surface area (Å²) in [6.07, 6.45) is 29.9. The first-order chi connectivity index (χ1) is 31.9. The van der Waals surface area contributed by atoms with E-state index in [1.165, 1.54) is 27.1 Å². The zero-order valence-electron chi connectivity index (χ0n) is 36.9. The van der Waals surface area contributed by atoms with Gasteiger partial charge in [-0.3, -0.25) is 10.3 Å².